The Morgan fingerprint density at radius 1 is 1.03 bits per heavy atom. The zero-order valence-electron chi connectivity index (χ0n) is 21.4. The molecular formula is C25H27F2N5O4S2. The van der Waals surface area contributed by atoms with E-state index in [0.29, 0.717) is 0 Å². The molecule has 4 aromatic rings. The Kier molecular flexibility index (Phi) is 7.04. The molecule has 0 radical (unpaired) electrons. The highest BCUT2D eigenvalue weighted by Crippen LogP contribution is 2.32. The van der Waals surface area contributed by atoms with Crippen molar-refractivity contribution in [2.45, 2.75) is 38.6 Å². The van der Waals surface area contributed by atoms with Crippen LogP contribution in [0.25, 0.3) is 22.4 Å². The summed E-state index contributed by atoms with van der Waals surface area (Å²) in [5.74, 6) is -2.21. The number of sulfone groups is 1. The van der Waals surface area contributed by atoms with Gasteiger partial charge in [-0.05, 0) is 30.5 Å². The van der Waals surface area contributed by atoms with Crippen LogP contribution in [0.3, 0.4) is 0 Å². The molecule has 13 heteroatoms. The number of aryl methyl sites for hydroxylation is 1. The van der Waals surface area contributed by atoms with Crippen LogP contribution in [0.5, 0.6) is 0 Å². The van der Waals surface area contributed by atoms with Crippen molar-refractivity contribution in [3.63, 3.8) is 0 Å². The predicted molar refractivity (Wildman–Crippen MR) is 141 cm³/mol. The third kappa shape index (κ3) is 5.68. The molecule has 1 atom stereocenters. The first-order valence-electron chi connectivity index (χ1n) is 11.5. The lowest BCUT2D eigenvalue weighted by Gasteiger charge is -2.31. The maximum Gasteiger partial charge on any atom is 0.269 e. The molecule has 202 valence electrons. The summed E-state index contributed by atoms with van der Waals surface area (Å²) in [4.78, 5) is 12.2. The lowest BCUT2D eigenvalue weighted by atomic mass is 9.88. The van der Waals surface area contributed by atoms with Crippen molar-refractivity contribution in [1.29, 1.82) is 0 Å². The van der Waals surface area contributed by atoms with Crippen molar-refractivity contribution in [1.82, 2.24) is 18.9 Å². The van der Waals surface area contributed by atoms with Crippen LogP contribution in [0.4, 0.5) is 14.6 Å². The summed E-state index contributed by atoms with van der Waals surface area (Å²) < 4.78 is 80.8. The predicted octanol–water partition coefficient (Wildman–Crippen LogP) is 4.19. The molecule has 0 fully saturated rings. The average Bonchev–Trinajstić information content (AvgIpc) is 3.18. The van der Waals surface area contributed by atoms with Crippen LogP contribution >= 0.6 is 0 Å². The zero-order valence-corrected chi connectivity index (χ0v) is 23.0. The number of nitrogens with zero attached hydrogens (tertiary/aromatic N) is 4. The number of nitrogens with one attached hydrogen (secondary N) is 1. The molecule has 0 bridgehead atoms. The minimum absolute atomic E-state index is 0.00570. The molecule has 0 saturated carbocycles. The van der Waals surface area contributed by atoms with E-state index < -0.39 is 43.0 Å². The van der Waals surface area contributed by atoms with E-state index in [0.717, 1.165) is 34.3 Å². The zero-order chi connectivity index (χ0) is 28.0. The SMILES string of the molecule is Cc1ccc(S(=O)(=O)n2cc(-c3ncc(F)c(N[C@H](CS(C)(=O)=O)C(C)(C)C)n3)c3cc(F)cnc32)cc1. The smallest absolute Gasteiger partial charge is 0.269 e. The van der Waals surface area contributed by atoms with Crippen LogP contribution in [0, 0.1) is 24.0 Å². The Hall–Kier alpha value is -3.45. The third-order valence-corrected chi connectivity index (χ3v) is 8.57. The molecule has 0 aliphatic carbocycles. The maximum absolute atomic E-state index is 14.8. The number of fused-ring (bicyclic) bond motifs is 1. The quantitative estimate of drug-likeness (QED) is 0.355. The number of aromatic nitrogens is 4. The van der Waals surface area contributed by atoms with Crippen LogP contribution in [0.2, 0.25) is 0 Å². The summed E-state index contributed by atoms with van der Waals surface area (Å²) in [6.45, 7) is 7.22. The number of pyridine rings is 1. The maximum atomic E-state index is 14.8. The average molecular weight is 564 g/mol. The van der Waals surface area contributed by atoms with Crippen molar-refractivity contribution >= 4 is 36.7 Å². The highest BCUT2D eigenvalue weighted by Gasteiger charge is 2.30. The summed E-state index contributed by atoms with van der Waals surface area (Å²) in [7, 11) is -7.57. The second-order valence-electron chi connectivity index (χ2n) is 10.2. The summed E-state index contributed by atoms with van der Waals surface area (Å²) in [6.07, 6.45) is 4.07. The molecule has 0 amide bonds. The van der Waals surface area contributed by atoms with Gasteiger partial charge in [-0.15, -0.1) is 0 Å². The molecule has 0 spiro atoms. The van der Waals surface area contributed by atoms with E-state index in [9.17, 15) is 25.6 Å². The van der Waals surface area contributed by atoms with Crippen LogP contribution in [0.1, 0.15) is 26.3 Å². The summed E-state index contributed by atoms with van der Waals surface area (Å²) in [5.41, 5.74) is 0.313. The van der Waals surface area contributed by atoms with E-state index in [1.165, 1.54) is 18.3 Å². The summed E-state index contributed by atoms with van der Waals surface area (Å²) in [6, 6.07) is 6.58. The molecule has 0 aliphatic rings. The van der Waals surface area contributed by atoms with Gasteiger partial charge in [-0.1, -0.05) is 38.5 Å². The van der Waals surface area contributed by atoms with E-state index in [1.54, 1.807) is 32.9 Å². The number of anilines is 1. The van der Waals surface area contributed by atoms with Crippen LogP contribution < -0.4 is 5.32 Å². The van der Waals surface area contributed by atoms with E-state index >= 15 is 0 Å². The molecule has 4 rings (SSSR count). The number of halogens is 2. The molecule has 0 saturated heterocycles. The fourth-order valence-electron chi connectivity index (χ4n) is 3.81. The van der Waals surface area contributed by atoms with Crippen LogP contribution in [-0.2, 0) is 19.9 Å². The Morgan fingerprint density at radius 3 is 2.29 bits per heavy atom. The third-order valence-electron chi connectivity index (χ3n) is 5.97. The fourth-order valence-corrected chi connectivity index (χ4v) is 6.33. The van der Waals surface area contributed by atoms with Crippen molar-refractivity contribution in [3.05, 3.63) is 66.1 Å². The second kappa shape index (κ2) is 9.70. The molecule has 3 heterocycles. The number of rotatable bonds is 7. The van der Waals surface area contributed by atoms with Gasteiger partial charge in [-0.25, -0.2) is 44.5 Å². The minimum Gasteiger partial charge on any atom is -0.363 e. The van der Waals surface area contributed by atoms with Crippen molar-refractivity contribution < 1.29 is 25.6 Å². The largest absolute Gasteiger partial charge is 0.363 e. The molecule has 3 aromatic heterocycles. The van der Waals surface area contributed by atoms with Gasteiger partial charge in [0.25, 0.3) is 10.0 Å². The van der Waals surface area contributed by atoms with Gasteiger partial charge in [0, 0.05) is 29.4 Å². The topological polar surface area (TPSA) is 124 Å². The molecule has 0 aliphatic heterocycles. The van der Waals surface area contributed by atoms with E-state index in [1.807, 2.05) is 6.92 Å². The van der Waals surface area contributed by atoms with Gasteiger partial charge in [-0.2, -0.15) is 0 Å². The monoisotopic (exact) mass is 563 g/mol. The fraction of sp³-hybridized carbons (Fsp3) is 0.320. The highest BCUT2D eigenvalue weighted by molar-refractivity contribution is 7.90. The molecular weight excluding hydrogens is 536 g/mol. The van der Waals surface area contributed by atoms with Gasteiger partial charge in [0.2, 0.25) is 0 Å². The van der Waals surface area contributed by atoms with Gasteiger partial charge in [0.1, 0.15) is 15.7 Å². The molecule has 0 unspecified atom stereocenters. The van der Waals surface area contributed by atoms with E-state index in [2.05, 4.69) is 20.3 Å². The van der Waals surface area contributed by atoms with Gasteiger partial charge in [0.15, 0.2) is 23.1 Å². The molecule has 9 nitrogen and oxygen atoms in total. The second-order valence-corrected chi connectivity index (χ2v) is 14.2. The number of benzene rings is 1. The first-order chi connectivity index (χ1) is 17.6. The van der Waals surface area contributed by atoms with Gasteiger partial charge in [-0.3, -0.25) is 0 Å². The first-order valence-corrected chi connectivity index (χ1v) is 15.0. The Balaban J connectivity index is 1.87. The lowest BCUT2D eigenvalue weighted by molar-refractivity contribution is 0.358. The summed E-state index contributed by atoms with van der Waals surface area (Å²) >= 11 is 0. The van der Waals surface area contributed by atoms with Crippen LogP contribution in [-0.4, -0.2) is 53.8 Å². The Morgan fingerprint density at radius 2 is 1.68 bits per heavy atom. The summed E-state index contributed by atoms with van der Waals surface area (Å²) in [5, 5.41) is 2.96. The molecule has 1 aromatic carbocycles. The molecule has 38 heavy (non-hydrogen) atoms. The van der Waals surface area contributed by atoms with Crippen molar-refractivity contribution in [3.8, 4) is 11.4 Å². The van der Waals surface area contributed by atoms with Crippen LogP contribution in [0.15, 0.2) is 53.8 Å². The van der Waals surface area contributed by atoms with Gasteiger partial charge >= 0.3 is 0 Å². The van der Waals surface area contributed by atoms with E-state index in [-0.39, 0.29) is 38.9 Å². The lowest BCUT2D eigenvalue weighted by Crippen LogP contribution is -2.40. The Bertz CT molecular complexity index is 1730. The first kappa shape index (κ1) is 27.6. The normalized spacial score (nSPS) is 13.6. The Labute approximate surface area is 219 Å². The highest BCUT2D eigenvalue weighted by atomic mass is 32.2. The standard InChI is InChI=1S/C25H27F2N5O4S2/c1-15-6-8-17(9-7-15)38(35,36)32-13-19(18-10-16(26)11-29-24(18)32)22-28-12-20(27)23(31-22)30-21(25(2,3)4)14-37(5,33)34/h6-13,21H,14H2,1-5H3,(H,28,30,31)/t21-/m1/s1. The number of hydrogen-bond donors (Lipinski definition) is 1. The minimum atomic E-state index is -4.14. The van der Waals surface area contributed by atoms with Crippen molar-refractivity contribution in [2.24, 2.45) is 5.41 Å². The van der Waals surface area contributed by atoms with Gasteiger partial charge in [0.05, 0.1) is 23.0 Å². The van der Waals surface area contributed by atoms with Gasteiger partial charge < -0.3 is 5.32 Å². The number of hydrogen-bond acceptors (Lipinski definition) is 8. The van der Waals surface area contributed by atoms with E-state index in [4.69, 9.17) is 0 Å². The molecule has 1 N–H and O–H groups in total. The van der Waals surface area contributed by atoms with Crippen molar-refractivity contribution in [2.75, 3.05) is 17.3 Å².